The van der Waals surface area contributed by atoms with Gasteiger partial charge in [0.15, 0.2) is 0 Å². The molecule has 15 heavy (non-hydrogen) atoms. The van der Waals surface area contributed by atoms with Crippen LogP contribution in [-0.4, -0.2) is 12.1 Å². The predicted octanol–water partition coefficient (Wildman–Crippen LogP) is 3.01. The Morgan fingerprint density at radius 1 is 1.13 bits per heavy atom. The van der Waals surface area contributed by atoms with E-state index in [0.717, 1.165) is 13.0 Å². The van der Waals surface area contributed by atoms with Crippen LogP contribution in [0.4, 0.5) is 0 Å². The Morgan fingerprint density at radius 2 is 1.80 bits per heavy atom. The lowest BCUT2D eigenvalue weighted by Gasteiger charge is -2.26. The standard InChI is InChI=1S/C14H21N/c1-13(2)10-14(3,15-11-13)9-12-7-5-4-6-8-12/h4-8,15H,9-11H2,1-3H3/t14-/m1/s1. The summed E-state index contributed by atoms with van der Waals surface area (Å²) in [5.74, 6) is 0. The summed E-state index contributed by atoms with van der Waals surface area (Å²) in [6.07, 6.45) is 2.40. The Morgan fingerprint density at radius 3 is 2.33 bits per heavy atom. The molecule has 2 rings (SSSR count). The molecule has 0 aliphatic carbocycles. The molecule has 0 radical (unpaired) electrons. The highest BCUT2D eigenvalue weighted by Crippen LogP contribution is 2.35. The molecule has 0 aromatic heterocycles. The van der Waals surface area contributed by atoms with Crippen LogP contribution in [0.5, 0.6) is 0 Å². The quantitative estimate of drug-likeness (QED) is 0.779. The third kappa shape index (κ3) is 2.60. The molecule has 1 atom stereocenters. The zero-order chi connectivity index (χ0) is 10.9. The minimum Gasteiger partial charge on any atom is -0.311 e. The molecule has 0 saturated carbocycles. The molecule has 0 amide bonds. The Balaban J connectivity index is 2.07. The smallest absolute Gasteiger partial charge is 0.0199 e. The van der Waals surface area contributed by atoms with Gasteiger partial charge in [-0.2, -0.15) is 0 Å². The highest BCUT2D eigenvalue weighted by atomic mass is 15.0. The van der Waals surface area contributed by atoms with Crippen molar-refractivity contribution >= 4 is 0 Å². The Bertz CT molecular complexity index is 328. The number of nitrogens with one attached hydrogen (secondary N) is 1. The van der Waals surface area contributed by atoms with E-state index in [0.29, 0.717) is 5.41 Å². The van der Waals surface area contributed by atoms with Crippen LogP contribution in [0.15, 0.2) is 30.3 Å². The highest BCUT2D eigenvalue weighted by molar-refractivity contribution is 5.18. The van der Waals surface area contributed by atoms with Crippen molar-refractivity contribution in [3.63, 3.8) is 0 Å². The summed E-state index contributed by atoms with van der Waals surface area (Å²) in [6.45, 7) is 8.16. The van der Waals surface area contributed by atoms with Gasteiger partial charge in [0, 0.05) is 12.1 Å². The lowest BCUT2D eigenvalue weighted by molar-refractivity contribution is 0.348. The van der Waals surface area contributed by atoms with Crippen LogP contribution in [0, 0.1) is 5.41 Å². The molecule has 1 nitrogen and oxygen atoms in total. The van der Waals surface area contributed by atoms with Crippen molar-refractivity contribution < 1.29 is 0 Å². The van der Waals surface area contributed by atoms with Gasteiger partial charge in [0.2, 0.25) is 0 Å². The van der Waals surface area contributed by atoms with Gasteiger partial charge in [-0.05, 0) is 30.7 Å². The van der Waals surface area contributed by atoms with Crippen molar-refractivity contribution in [2.45, 2.75) is 39.2 Å². The molecule has 0 spiro atoms. The maximum absolute atomic E-state index is 3.67. The van der Waals surface area contributed by atoms with Crippen molar-refractivity contribution in [2.24, 2.45) is 5.41 Å². The number of hydrogen-bond acceptors (Lipinski definition) is 1. The normalized spacial score (nSPS) is 29.3. The molecule has 1 N–H and O–H groups in total. The summed E-state index contributed by atoms with van der Waals surface area (Å²) in [7, 11) is 0. The topological polar surface area (TPSA) is 12.0 Å². The summed E-state index contributed by atoms with van der Waals surface area (Å²) in [5, 5.41) is 3.67. The molecule has 1 fully saturated rings. The fourth-order valence-corrected chi connectivity index (χ4v) is 2.81. The minimum absolute atomic E-state index is 0.283. The average molecular weight is 203 g/mol. The van der Waals surface area contributed by atoms with Gasteiger partial charge in [-0.3, -0.25) is 0 Å². The molecule has 1 aliphatic heterocycles. The average Bonchev–Trinajstić information content (AvgIpc) is 2.42. The van der Waals surface area contributed by atoms with Crippen LogP contribution < -0.4 is 5.32 Å². The molecule has 1 saturated heterocycles. The second kappa shape index (κ2) is 3.64. The van der Waals surface area contributed by atoms with Gasteiger partial charge in [-0.1, -0.05) is 44.2 Å². The molecule has 1 aromatic rings. The lowest BCUT2D eigenvalue weighted by Crippen LogP contribution is -2.38. The van der Waals surface area contributed by atoms with E-state index >= 15 is 0 Å². The fourth-order valence-electron chi connectivity index (χ4n) is 2.81. The molecule has 0 bridgehead atoms. The van der Waals surface area contributed by atoms with Crippen LogP contribution in [0.2, 0.25) is 0 Å². The van der Waals surface area contributed by atoms with Crippen molar-refractivity contribution in [2.75, 3.05) is 6.54 Å². The van der Waals surface area contributed by atoms with Gasteiger partial charge >= 0.3 is 0 Å². The van der Waals surface area contributed by atoms with Gasteiger partial charge in [0.05, 0.1) is 0 Å². The second-order valence-corrected chi connectivity index (χ2v) is 5.92. The van der Waals surface area contributed by atoms with Crippen LogP contribution in [0.3, 0.4) is 0 Å². The maximum atomic E-state index is 3.67. The van der Waals surface area contributed by atoms with E-state index in [1.54, 1.807) is 0 Å². The SMILES string of the molecule is CC1(C)CN[C@](C)(Cc2ccccc2)C1. The molecular weight excluding hydrogens is 182 g/mol. The largest absolute Gasteiger partial charge is 0.311 e. The fraction of sp³-hybridized carbons (Fsp3) is 0.571. The summed E-state index contributed by atoms with van der Waals surface area (Å²) in [5.41, 5.74) is 2.17. The van der Waals surface area contributed by atoms with Crippen LogP contribution in [0.1, 0.15) is 32.8 Å². The van der Waals surface area contributed by atoms with E-state index in [1.807, 2.05) is 0 Å². The van der Waals surface area contributed by atoms with Crippen molar-refractivity contribution in [3.8, 4) is 0 Å². The first kappa shape index (κ1) is 10.7. The predicted molar refractivity (Wildman–Crippen MR) is 65.0 cm³/mol. The number of rotatable bonds is 2. The first-order valence-corrected chi connectivity index (χ1v) is 5.78. The van der Waals surface area contributed by atoms with Gasteiger partial charge < -0.3 is 5.32 Å². The van der Waals surface area contributed by atoms with Gasteiger partial charge in [-0.25, -0.2) is 0 Å². The van der Waals surface area contributed by atoms with Crippen molar-refractivity contribution in [3.05, 3.63) is 35.9 Å². The monoisotopic (exact) mass is 203 g/mol. The second-order valence-electron chi connectivity index (χ2n) is 5.92. The third-order valence-corrected chi connectivity index (χ3v) is 3.30. The van der Waals surface area contributed by atoms with Gasteiger partial charge in [0.25, 0.3) is 0 Å². The summed E-state index contributed by atoms with van der Waals surface area (Å²) < 4.78 is 0. The zero-order valence-corrected chi connectivity index (χ0v) is 10.0. The summed E-state index contributed by atoms with van der Waals surface area (Å²) in [6, 6.07) is 10.8. The van der Waals surface area contributed by atoms with E-state index in [4.69, 9.17) is 0 Å². The molecule has 1 heterocycles. The van der Waals surface area contributed by atoms with Crippen molar-refractivity contribution in [1.29, 1.82) is 0 Å². The van der Waals surface area contributed by atoms with Crippen LogP contribution >= 0.6 is 0 Å². The van der Waals surface area contributed by atoms with Crippen LogP contribution in [0.25, 0.3) is 0 Å². The lowest BCUT2D eigenvalue weighted by atomic mass is 9.82. The van der Waals surface area contributed by atoms with E-state index in [1.165, 1.54) is 12.0 Å². The van der Waals surface area contributed by atoms with E-state index in [9.17, 15) is 0 Å². The van der Waals surface area contributed by atoms with E-state index in [2.05, 4.69) is 56.4 Å². The molecule has 82 valence electrons. The Kier molecular flexibility index (Phi) is 2.59. The molecule has 1 heteroatoms. The number of hydrogen-bond donors (Lipinski definition) is 1. The van der Waals surface area contributed by atoms with Crippen LogP contribution in [-0.2, 0) is 6.42 Å². The highest BCUT2D eigenvalue weighted by Gasteiger charge is 2.38. The molecular formula is C14H21N. The van der Waals surface area contributed by atoms with Gasteiger partial charge in [-0.15, -0.1) is 0 Å². The Hall–Kier alpha value is -0.820. The molecule has 1 aliphatic rings. The van der Waals surface area contributed by atoms with E-state index in [-0.39, 0.29) is 5.54 Å². The Labute approximate surface area is 92.9 Å². The first-order valence-electron chi connectivity index (χ1n) is 5.78. The summed E-state index contributed by atoms with van der Waals surface area (Å²) >= 11 is 0. The minimum atomic E-state index is 0.283. The zero-order valence-electron chi connectivity index (χ0n) is 10.0. The van der Waals surface area contributed by atoms with E-state index < -0.39 is 0 Å². The van der Waals surface area contributed by atoms with Crippen molar-refractivity contribution in [1.82, 2.24) is 5.32 Å². The van der Waals surface area contributed by atoms with Gasteiger partial charge in [0.1, 0.15) is 0 Å². The maximum Gasteiger partial charge on any atom is 0.0199 e. The third-order valence-electron chi connectivity index (χ3n) is 3.30. The number of benzene rings is 1. The molecule has 0 unspecified atom stereocenters. The first-order chi connectivity index (χ1) is 6.99. The summed E-state index contributed by atoms with van der Waals surface area (Å²) in [4.78, 5) is 0. The molecule has 1 aromatic carbocycles.